The maximum atomic E-state index is 11.9. The largest absolute Gasteiger partial charge is 0.390 e. The van der Waals surface area contributed by atoms with Crippen molar-refractivity contribution in [1.82, 2.24) is 10.3 Å². The number of hydrogen-bond donors (Lipinski definition) is 1. The van der Waals surface area contributed by atoms with E-state index in [0.717, 1.165) is 5.69 Å². The van der Waals surface area contributed by atoms with E-state index in [2.05, 4.69) is 10.3 Å². The van der Waals surface area contributed by atoms with Crippen molar-refractivity contribution in [2.75, 3.05) is 6.54 Å². The van der Waals surface area contributed by atoms with E-state index in [9.17, 15) is 13.2 Å². The van der Waals surface area contributed by atoms with Gasteiger partial charge in [-0.1, -0.05) is 6.07 Å². The van der Waals surface area contributed by atoms with Crippen LogP contribution in [0.1, 0.15) is 25.1 Å². The van der Waals surface area contributed by atoms with Crippen LogP contribution in [0.15, 0.2) is 24.4 Å². The molecule has 0 bridgehead atoms. The molecule has 0 saturated heterocycles. The second-order valence-electron chi connectivity index (χ2n) is 3.30. The van der Waals surface area contributed by atoms with E-state index in [0.29, 0.717) is 0 Å². The molecule has 0 fully saturated rings. The topological polar surface area (TPSA) is 24.9 Å². The molecular weight excluding hydrogens is 205 g/mol. The zero-order valence-corrected chi connectivity index (χ0v) is 8.38. The Kier molecular flexibility index (Phi) is 4.08. The summed E-state index contributed by atoms with van der Waals surface area (Å²) < 4.78 is 35.6. The Hall–Kier alpha value is -1.10. The summed E-state index contributed by atoms with van der Waals surface area (Å²) in [5.41, 5.74) is 0.750. The third-order valence-corrected chi connectivity index (χ3v) is 1.99. The highest BCUT2D eigenvalue weighted by molar-refractivity contribution is 5.07. The summed E-state index contributed by atoms with van der Waals surface area (Å²) in [6, 6.07) is 5.20. The first-order valence-corrected chi connectivity index (χ1v) is 4.70. The third-order valence-electron chi connectivity index (χ3n) is 1.99. The van der Waals surface area contributed by atoms with Gasteiger partial charge >= 0.3 is 6.18 Å². The van der Waals surface area contributed by atoms with E-state index in [4.69, 9.17) is 0 Å². The number of hydrogen-bond acceptors (Lipinski definition) is 2. The van der Waals surface area contributed by atoms with Gasteiger partial charge < -0.3 is 5.32 Å². The summed E-state index contributed by atoms with van der Waals surface area (Å²) in [5.74, 6) is 0. The summed E-state index contributed by atoms with van der Waals surface area (Å²) in [6.07, 6.45) is -3.29. The van der Waals surface area contributed by atoms with Crippen LogP contribution in [0.4, 0.5) is 13.2 Å². The fourth-order valence-corrected chi connectivity index (χ4v) is 1.17. The first-order chi connectivity index (χ1) is 6.99. The molecule has 0 aromatic carbocycles. The molecule has 0 aliphatic carbocycles. The number of halogens is 3. The highest BCUT2D eigenvalue weighted by Crippen LogP contribution is 2.19. The van der Waals surface area contributed by atoms with Crippen molar-refractivity contribution >= 4 is 0 Å². The number of alkyl halides is 3. The summed E-state index contributed by atoms with van der Waals surface area (Å²) in [7, 11) is 0. The first kappa shape index (κ1) is 12.0. The Morgan fingerprint density at radius 1 is 1.40 bits per heavy atom. The quantitative estimate of drug-likeness (QED) is 0.840. The maximum Gasteiger partial charge on any atom is 0.390 e. The first-order valence-electron chi connectivity index (χ1n) is 4.70. The summed E-state index contributed by atoms with van der Waals surface area (Å²) in [4.78, 5) is 4.05. The van der Waals surface area contributed by atoms with Crippen molar-refractivity contribution in [3.63, 3.8) is 0 Å². The predicted molar refractivity (Wildman–Crippen MR) is 51.3 cm³/mol. The molecule has 1 atom stereocenters. The molecule has 1 aromatic rings. The monoisotopic (exact) mass is 218 g/mol. The molecule has 15 heavy (non-hydrogen) atoms. The fourth-order valence-electron chi connectivity index (χ4n) is 1.17. The highest BCUT2D eigenvalue weighted by Gasteiger charge is 2.26. The minimum atomic E-state index is -4.10. The normalized spacial score (nSPS) is 13.9. The van der Waals surface area contributed by atoms with Crippen molar-refractivity contribution in [2.45, 2.75) is 25.6 Å². The molecule has 0 amide bonds. The average Bonchev–Trinajstić information content (AvgIpc) is 2.17. The number of rotatable bonds is 4. The van der Waals surface area contributed by atoms with Crippen LogP contribution in [-0.4, -0.2) is 17.7 Å². The van der Waals surface area contributed by atoms with Gasteiger partial charge in [0.15, 0.2) is 0 Å². The van der Waals surface area contributed by atoms with Gasteiger partial charge in [-0.05, 0) is 19.1 Å². The highest BCUT2D eigenvalue weighted by atomic mass is 19.4. The van der Waals surface area contributed by atoms with E-state index in [1.165, 1.54) is 0 Å². The lowest BCUT2D eigenvalue weighted by molar-refractivity contribution is -0.133. The number of pyridine rings is 1. The van der Waals surface area contributed by atoms with Crippen LogP contribution in [-0.2, 0) is 0 Å². The minimum absolute atomic E-state index is 0.0821. The van der Waals surface area contributed by atoms with Crippen LogP contribution in [0.2, 0.25) is 0 Å². The van der Waals surface area contributed by atoms with Gasteiger partial charge in [0.2, 0.25) is 0 Å². The molecule has 0 saturated carbocycles. The maximum absolute atomic E-state index is 11.9. The lowest BCUT2D eigenvalue weighted by Gasteiger charge is -2.13. The zero-order chi connectivity index (χ0) is 11.3. The lowest BCUT2D eigenvalue weighted by atomic mass is 10.2. The van der Waals surface area contributed by atoms with Crippen molar-refractivity contribution < 1.29 is 13.2 Å². The minimum Gasteiger partial charge on any atom is -0.309 e. The van der Waals surface area contributed by atoms with Gasteiger partial charge in [-0.3, -0.25) is 4.98 Å². The number of nitrogens with zero attached hydrogens (tertiary/aromatic N) is 1. The summed E-state index contributed by atoms with van der Waals surface area (Å²) in [5, 5.41) is 2.77. The second-order valence-corrected chi connectivity index (χ2v) is 3.30. The molecule has 0 aliphatic rings. The smallest absolute Gasteiger partial charge is 0.309 e. The van der Waals surface area contributed by atoms with Gasteiger partial charge in [0.05, 0.1) is 12.1 Å². The third kappa shape index (κ3) is 4.78. The van der Waals surface area contributed by atoms with Crippen LogP contribution in [0.3, 0.4) is 0 Å². The van der Waals surface area contributed by atoms with Crippen LogP contribution in [0, 0.1) is 0 Å². The van der Waals surface area contributed by atoms with Crippen molar-refractivity contribution in [3.05, 3.63) is 30.1 Å². The molecule has 0 unspecified atom stereocenters. The molecule has 84 valence electrons. The van der Waals surface area contributed by atoms with Gasteiger partial charge in [-0.2, -0.15) is 13.2 Å². The van der Waals surface area contributed by atoms with Crippen LogP contribution >= 0.6 is 0 Å². The van der Waals surface area contributed by atoms with E-state index in [1.807, 2.05) is 6.07 Å². The molecule has 5 heteroatoms. The Morgan fingerprint density at radius 3 is 2.67 bits per heavy atom. The Bertz CT molecular complexity index is 284. The molecular formula is C10H13F3N2. The fraction of sp³-hybridized carbons (Fsp3) is 0.500. The Labute approximate surface area is 86.5 Å². The second kappa shape index (κ2) is 5.11. The molecule has 0 aliphatic heterocycles. The zero-order valence-electron chi connectivity index (χ0n) is 8.38. The molecule has 2 nitrogen and oxygen atoms in total. The van der Waals surface area contributed by atoms with Gasteiger partial charge in [-0.15, -0.1) is 0 Å². The SMILES string of the molecule is C[C@H](NCCC(F)(F)F)c1ccccn1. The summed E-state index contributed by atoms with van der Waals surface area (Å²) in [6.45, 7) is 1.71. The standard InChI is InChI=1S/C10H13F3N2/c1-8(9-4-2-3-6-15-9)14-7-5-10(11,12)13/h2-4,6,8,14H,5,7H2,1H3/t8-/m0/s1. The predicted octanol–water partition coefficient (Wildman–Crippen LogP) is 2.68. The van der Waals surface area contributed by atoms with Crippen LogP contribution < -0.4 is 5.32 Å². The Balaban J connectivity index is 2.34. The molecule has 1 aromatic heterocycles. The molecule has 0 spiro atoms. The molecule has 1 N–H and O–H groups in total. The van der Waals surface area contributed by atoms with Crippen molar-refractivity contribution in [1.29, 1.82) is 0 Å². The average molecular weight is 218 g/mol. The van der Waals surface area contributed by atoms with Gasteiger partial charge in [0.1, 0.15) is 0 Å². The lowest BCUT2D eigenvalue weighted by Crippen LogP contribution is -2.24. The van der Waals surface area contributed by atoms with Gasteiger partial charge in [0, 0.05) is 18.8 Å². The molecule has 1 rings (SSSR count). The molecule has 0 radical (unpaired) electrons. The van der Waals surface area contributed by atoms with Gasteiger partial charge in [0.25, 0.3) is 0 Å². The van der Waals surface area contributed by atoms with E-state index in [-0.39, 0.29) is 12.6 Å². The van der Waals surface area contributed by atoms with Crippen LogP contribution in [0.25, 0.3) is 0 Å². The van der Waals surface area contributed by atoms with Crippen molar-refractivity contribution in [3.8, 4) is 0 Å². The Morgan fingerprint density at radius 2 is 2.13 bits per heavy atom. The van der Waals surface area contributed by atoms with E-state index < -0.39 is 12.6 Å². The summed E-state index contributed by atoms with van der Waals surface area (Å²) >= 11 is 0. The van der Waals surface area contributed by atoms with E-state index >= 15 is 0 Å². The van der Waals surface area contributed by atoms with E-state index in [1.54, 1.807) is 25.3 Å². The van der Waals surface area contributed by atoms with Gasteiger partial charge in [-0.25, -0.2) is 0 Å². The molecule has 1 heterocycles. The van der Waals surface area contributed by atoms with Crippen LogP contribution in [0.5, 0.6) is 0 Å². The number of nitrogens with one attached hydrogen (secondary N) is 1. The number of aromatic nitrogens is 1. The van der Waals surface area contributed by atoms with Crippen molar-refractivity contribution in [2.24, 2.45) is 0 Å².